The summed E-state index contributed by atoms with van der Waals surface area (Å²) < 4.78 is 5.50. The van der Waals surface area contributed by atoms with Gasteiger partial charge >= 0.3 is 0 Å². The molecule has 0 aromatic carbocycles. The highest BCUT2D eigenvalue weighted by Crippen LogP contribution is 2.35. The van der Waals surface area contributed by atoms with Gasteiger partial charge < -0.3 is 14.7 Å². The molecule has 0 spiro atoms. The molecule has 0 amide bonds. The van der Waals surface area contributed by atoms with E-state index in [4.69, 9.17) is 4.74 Å². The van der Waals surface area contributed by atoms with Crippen molar-refractivity contribution in [2.75, 3.05) is 39.5 Å². The molecule has 1 saturated carbocycles. The van der Waals surface area contributed by atoms with Gasteiger partial charge in [0.15, 0.2) is 0 Å². The maximum Gasteiger partial charge on any atom is 0.0593 e. The molecule has 100 valence electrons. The summed E-state index contributed by atoms with van der Waals surface area (Å²) in [6.45, 7) is 5.39. The summed E-state index contributed by atoms with van der Waals surface area (Å²) in [6.07, 6.45) is 8.86. The van der Waals surface area contributed by atoms with Crippen LogP contribution in [0.3, 0.4) is 0 Å². The van der Waals surface area contributed by atoms with Crippen molar-refractivity contribution >= 4 is 0 Å². The van der Waals surface area contributed by atoms with Gasteiger partial charge in [0.1, 0.15) is 0 Å². The largest absolute Gasteiger partial charge is 0.396 e. The molecule has 1 N–H and O–H groups in total. The van der Waals surface area contributed by atoms with Gasteiger partial charge in [-0.05, 0) is 19.3 Å². The molecule has 0 bridgehead atoms. The van der Waals surface area contributed by atoms with Crippen LogP contribution in [0.25, 0.3) is 0 Å². The van der Waals surface area contributed by atoms with E-state index >= 15 is 0 Å². The number of rotatable bonds is 3. The highest BCUT2D eigenvalue weighted by molar-refractivity contribution is 4.84. The van der Waals surface area contributed by atoms with Crippen LogP contribution in [0.2, 0.25) is 0 Å². The predicted octanol–water partition coefficient (Wildman–Crippen LogP) is 2.04. The van der Waals surface area contributed by atoms with Gasteiger partial charge in [-0.3, -0.25) is 0 Å². The molecule has 0 radical (unpaired) electrons. The SMILES string of the molecule is OCC1(CN2CCCOCC2)CCCCCC1. The average Bonchev–Trinajstić information content (AvgIpc) is 2.73. The van der Waals surface area contributed by atoms with Gasteiger partial charge in [-0.2, -0.15) is 0 Å². The lowest BCUT2D eigenvalue weighted by atomic mass is 9.80. The Kier molecular flexibility index (Phi) is 5.26. The van der Waals surface area contributed by atoms with Crippen molar-refractivity contribution in [1.29, 1.82) is 0 Å². The van der Waals surface area contributed by atoms with Crippen LogP contribution in [0.4, 0.5) is 0 Å². The highest BCUT2D eigenvalue weighted by Gasteiger charge is 2.32. The van der Waals surface area contributed by atoms with Crippen LogP contribution in [-0.2, 0) is 4.74 Å². The second-order valence-electron chi connectivity index (χ2n) is 5.81. The zero-order chi connectivity index (χ0) is 12.0. The van der Waals surface area contributed by atoms with Crippen LogP contribution >= 0.6 is 0 Å². The molecule has 2 aliphatic rings. The Morgan fingerprint density at radius 1 is 0.941 bits per heavy atom. The maximum absolute atomic E-state index is 9.81. The molecular formula is C14H27NO2. The third-order valence-corrected chi connectivity index (χ3v) is 4.37. The molecule has 0 aromatic rings. The lowest BCUT2D eigenvalue weighted by molar-refractivity contribution is 0.0570. The van der Waals surface area contributed by atoms with Crippen LogP contribution in [0.5, 0.6) is 0 Å². The summed E-state index contributed by atoms with van der Waals surface area (Å²) in [7, 11) is 0. The Morgan fingerprint density at radius 3 is 2.41 bits per heavy atom. The smallest absolute Gasteiger partial charge is 0.0593 e. The third-order valence-electron chi connectivity index (χ3n) is 4.37. The molecule has 1 heterocycles. The number of aliphatic hydroxyl groups excluding tert-OH is 1. The summed E-state index contributed by atoms with van der Waals surface area (Å²) in [5.41, 5.74) is 0.181. The zero-order valence-corrected chi connectivity index (χ0v) is 11.0. The molecule has 2 fully saturated rings. The molecule has 0 atom stereocenters. The van der Waals surface area contributed by atoms with E-state index in [1.165, 1.54) is 38.5 Å². The molecule has 3 heteroatoms. The first kappa shape index (κ1) is 13.3. The van der Waals surface area contributed by atoms with Gasteiger partial charge in [0.25, 0.3) is 0 Å². The first-order chi connectivity index (χ1) is 8.35. The summed E-state index contributed by atoms with van der Waals surface area (Å²) in [5.74, 6) is 0. The number of hydrogen-bond acceptors (Lipinski definition) is 3. The van der Waals surface area contributed by atoms with Gasteiger partial charge in [0.05, 0.1) is 6.61 Å². The fourth-order valence-corrected chi connectivity index (χ4v) is 3.27. The van der Waals surface area contributed by atoms with Gasteiger partial charge in [0.2, 0.25) is 0 Å². The van der Waals surface area contributed by atoms with Crippen molar-refractivity contribution in [2.24, 2.45) is 5.41 Å². The molecule has 1 aliphatic carbocycles. The van der Waals surface area contributed by atoms with E-state index in [-0.39, 0.29) is 5.41 Å². The highest BCUT2D eigenvalue weighted by atomic mass is 16.5. The predicted molar refractivity (Wildman–Crippen MR) is 69.1 cm³/mol. The first-order valence-electron chi connectivity index (χ1n) is 7.26. The van der Waals surface area contributed by atoms with Crippen LogP contribution in [-0.4, -0.2) is 49.5 Å². The quantitative estimate of drug-likeness (QED) is 0.768. The summed E-state index contributed by atoms with van der Waals surface area (Å²) in [4.78, 5) is 2.51. The normalized spacial score (nSPS) is 27.4. The Hall–Kier alpha value is -0.120. The molecule has 2 rings (SSSR count). The molecule has 1 saturated heterocycles. The zero-order valence-electron chi connectivity index (χ0n) is 11.0. The van der Waals surface area contributed by atoms with Crippen molar-refractivity contribution in [3.05, 3.63) is 0 Å². The van der Waals surface area contributed by atoms with E-state index in [1.807, 2.05) is 0 Å². The minimum Gasteiger partial charge on any atom is -0.396 e. The maximum atomic E-state index is 9.81. The average molecular weight is 241 g/mol. The Labute approximate surface area is 105 Å². The molecule has 0 unspecified atom stereocenters. The van der Waals surface area contributed by atoms with E-state index in [0.717, 1.165) is 39.3 Å². The van der Waals surface area contributed by atoms with E-state index in [2.05, 4.69) is 4.90 Å². The van der Waals surface area contributed by atoms with E-state index in [1.54, 1.807) is 0 Å². The van der Waals surface area contributed by atoms with Crippen molar-refractivity contribution in [2.45, 2.75) is 44.9 Å². The summed E-state index contributed by atoms with van der Waals surface area (Å²) in [6, 6.07) is 0. The number of ether oxygens (including phenoxy) is 1. The van der Waals surface area contributed by atoms with Gasteiger partial charge in [-0.15, -0.1) is 0 Å². The van der Waals surface area contributed by atoms with Crippen molar-refractivity contribution < 1.29 is 9.84 Å². The Bertz CT molecular complexity index is 204. The fraction of sp³-hybridized carbons (Fsp3) is 1.00. The number of nitrogens with zero attached hydrogens (tertiary/aromatic N) is 1. The second kappa shape index (κ2) is 6.72. The summed E-state index contributed by atoms with van der Waals surface area (Å²) >= 11 is 0. The number of hydrogen-bond donors (Lipinski definition) is 1. The third kappa shape index (κ3) is 3.94. The van der Waals surface area contributed by atoms with Gasteiger partial charge in [0, 0.05) is 38.3 Å². The van der Waals surface area contributed by atoms with Crippen molar-refractivity contribution in [3.8, 4) is 0 Å². The van der Waals surface area contributed by atoms with Crippen LogP contribution in [0.1, 0.15) is 44.9 Å². The van der Waals surface area contributed by atoms with E-state index in [9.17, 15) is 5.11 Å². The topological polar surface area (TPSA) is 32.7 Å². The number of aliphatic hydroxyl groups is 1. The second-order valence-corrected chi connectivity index (χ2v) is 5.81. The standard InChI is InChI=1S/C14H27NO2/c16-13-14(6-3-1-2-4-7-14)12-15-8-5-10-17-11-9-15/h16H,1-13H2. The monoisotopic (exact) mass is 241 g/mol. The van der Waals surface area contributed by atoms with E-state index in [0.29, 0.717) is 6.61 Å². The molecular weight excluding hydrogens is 214 g/mol. The fourth-order valence-electron chi connectivity index (χ4n) is 3.27. The molecule has 1 aliphatic heterocycles. The van der Waals surface area contributed by atoms with Gasteiger partial charge in [-0.1, -0.05) is 25.7 Å². The lowest BCUT2D eigenvalue weighted by Crippen LogP contribution is -2.41. The lowest BCUT2D eigenvalue weighted by Gasteiger charge is -2.36. The molecule has 17 heavy (non-hydrogen) atoms. The first-order valence-corrected chi connectivity index (χ1v) is 7.26. The van der Waals surface area contributed by atoms with Gasteiger partial charge in [-0.25, -0.2) is 0 Å². The Balaban J connectivity index is 1.91. The molecule has 3 nitrogen and oxygen atoms in total. The van der Waals surface area contributed by atoms with Crippen LogP contribution in [0.15, 0.2) is 0 Å². The van der Waals surface area contributed by atoms with Crippen LogP contribution in [0, 0.1) is 5.41 Å². The van der Waals surface area contributed by atoms with Crippen molar-refractivity contribution in [1.82, 2.24) is 4.90 Å². The minimum absolute atomic E-state index is 0.181. The minimum atomic E-state index is 0.181. The molecule has 0 aromatic heterocycles. The summed E-state index contributed by atoms with van der Waals surface area (Å²) in [5, 5.41) is 9.81. The van der Waals surface area contributed by atoms with Crippen molar-refractivity contribution in [3.63, 3.8) is 0 Å². The van der Waals surface area contributed by atoms with E-state index < -0.39 is 0 Å². The van der Waals surface area contributed by atoms with Crippen LogP contribution < -0.4 is 0 Å². The Morgan fingerprint density at radius 2 is 1.71 bits per heavy atom.